The van der Waals surface area contributed by atoms with Gasteiger partial charge in [-0.2, -0.15) is 0 Å². The van der Waals surface area contributed by atoms with Gasteiger partial charge in [0, 0.05) is 6.21 Å². The van der Waals surface area contributed by atoms with Crippen molar-refractivity contribution in [2.24, 2.45) is 4.40 Å². The zero-order valence-corrected chi connectivity index (χ0v) is 6.27. The van der Waals surface area contributed by atoms with Crippen LogP contribution in [0.3, 0.4) is 0 Å². The molecule has 0 saturated heterocycles. The summed E-state index contributed by atoms with van der Waals surface area (Å²) in [6.45, 7) is 0. The van der Waals surface area contributed by atoms with Crippen LogP contribution in [0.1, 0.15) is 25.7 Å². The predicted molar refractivity (Wildman–Crippen MR) is 44.7 cm³/mol. The summed E-state index contributed by atoms with van der Waals surface area (Å²) in [5.41, 5.74) is 0. The zero-order chi connectivity index (χ0) is 6.95. The van der Waals surface area contributed by atoms with E-state index in [4.69, 9.17) is 5.41 Å². The summed E-state index contributed by atoms with van der Waals surface area (Å²) in [7, 11) is 0. The zero-order valence-electron chi connectivity index (χ0n) is 5.38. The highest BCUT2D eigenvalue weighted by atomic mass is 32.1. The number of nitrogens with one attached hydrogen (secondary N) is 1. The van der Waals surface area contributed by atoms with Gasteiger partial charge in [-0.1, -0.05) is 0 Å². The van der Waals surface area contributed by atoms with Crippen LogP contribution in [0.15, 0.2) is 4.40 Å². The summed E-state index contributed by atoms with van der Waals surface area (Å²) >= 11 is 3.67. The van der Waals surface area contributed by atoms with E-state index in [1.54, 1.807) is 6.21 Å². The summed E-state index contributed by atoms with van der Waals surface area (Å²) in [5.74, 6) is 0. The average Bonchev–Trinajstić information content (AvgIpc) is 1.89. The molecule has 0 fully saturated rings. The maximum atomic E-state index is 6.71. The van der Waals surface area contributed by atoms with E-state index >= 15 is 0 Å². The number of hydrogen-bond acceptors (Lipinski definition) is 3. The molecular formula is C6H12N2S. The lowest BCUT2D eigenvalue weighted by atomic mass is 10.2. The van der Waals surface area contributed by atoms with E-state index < -0.39 is 0 Å². The molecule has 52 valence electrons. The standard InChI is InChI=1S/C6H12N2S/c7-5-3-1-2-4-6-8-9/h5-7,9H,1-4H2/b7-5?,8-6+. The fourth-order valence-corrected chi connectivity index (χ4v) is 0.655. The van der Waals surface area contributed by atoms with Crippen LogP contribution < -0.4 is 0 Å². The number of unbranched alkanes of at least 4 members (excludes halogenated alkanes) is 3. The first-order chi connectivity index (χ1) is 4.41. The van der Waals surface area contributed by atoms with E-state index in [2.05, 4.69) is 17.2 Å². The third-order valence-corrected chi connectivity index (χ3v) is 1.18. The largest absolute Gasteiger partial charge is 0.313 e. The molecule has 0 atom stereocenters. The molecule has 0 amide bonds. The number of thiol groups is 1. The van der Waals surface area contributed by atoms with Gasteiger partial charge in [-0.15, -0.1) is 0 Å². The van der Waals surface area contributed by atoms with Gasteiger partial charge >= 0.3 is 0 Å². The summed E-state index contributed by atoms with van der Waals surface area (Å²) in [6, 6.07) is 0. The molecule has 0 radical (unpaired) electrons. The van der Waals surface area contributed by atoms with Crippen LogP contribution in [0.5, 0.6) is 0 Å². The molecule has 0 aliphatic heterocycles. The molecule has 2 nitrogen and oxygen atoms in total. The van der Waals surface area contributed by atoms with Crippen molar-refractivity contribution < 1.29 is 0 Å². The van der Waals surface area contributed by atoms with Crippen molar-refractivity contribution in [2.75, 3.05) is 0 Å². The van der Waals surface area contributed by atoms with Gasteiger partial charge in [0.25, 0.3) is 0 Å². The van der Waals surface area contributed by atoms with E-state index in [1.165, 1.54) is 6.21 Å². The minimum absolute atomic E-state index is 0.889. The van der Waals surface area contributed by atoms with Crippen molar-refractivity contribution in [3.8, 4) is 0 Å². The Morgan fingerprint density at radius 1 is 1.33 bits per heavy atom. The molecule has 0 aromatic rings. The first-order valence-electron chi connectivity index (χ1n) is 3.06. The van der Waals surface area contributed by atoms with Crippen LogP contribution in [-0.4, -0.2) is 12.4 Å². The lowest BCUT2D eigenvalue weighted by Gasteiger charge is -1.88. The molecule has 0 aromatic heterocycles. The molecule has 1 N–H and O–H groups in total. The minimum Gasteiger partial charge on any atom is -0.313 e. The maximum absolute atomic E-state index is 6.71. The molecule has 0 heterocycles. The topological polar surface area (TPSA) is 36.2 Å². The van der Waals surface area contributed by atoms with Crippen LogP contribution in [-0.2, 0) is 0 Å². The highest BCUT2D eigenvalue weighted by molar-refractivity contribution is 7.78. The van der Waals surface area contributed by atoms with Gasteiger partial charge in [-0.25, -0.2) is 4.40 Å². The van der Waals surface area contributed by atoms with Crippen molar-refractivity contribution in [3.05, 3.63) is 0 Å². The molecule has 0 aromatic carbocycles. The third kappa shape index (κ3) is 7.69. The van der Waals surface area contributed by atoms with Crippen molar-refractivity contribution in [3.63, 3.8) is 0 Å². The first-order valence-corrected chi connectivity index (χ1v) is 3.46. The third-order valence-electron chi connectivity index (χ3n) is 1.01. The van der Waals surface area contributed by atoms with Crippen LogP contribution in [0.4, 0.5) is 0 Å². The second-order valence-electron chi connectivity index (χ2n) is 1.79. The Balaban J connectivity index is 2.82. The molecule has 0 bridgehead atoms. The average molecular weight is 144 g/mol. The molecule has 0 unspecified atom stereocenters. The summed E-state index contributed by atoms with van der Waals surface area (Å²) in [4.78, 5) is 0. The van der Waals surface area contributed by atoms with Crippen molar-refractivity contribution in [1.82, 2.24) is 0 Å². The molecule has 0 spiro atoms. The van der Waals surface area contributed by atoms with Crippen LogP contribution in [0.2, 0.25) is 0 Å². The Hall–Kier alpha value is -0.310. The summed E-state index contributed by atoms with van der Waals surface area (Å²) in [5, 5.41) is 6.71. The second kappa shape index (κ2) is 7.69. The molecular weight excluding hydrogens is 132 g/mol. The van der Waals surface area contributed by atoms with Crippen molar-refractivity contribution >= 4 is 25.2 Å². The van der Waals surface area contributed by atoms with Gasteiger partial charge in [0.2, 0.25) is 0 Å². The lowest BCUT2D eigenvalue weighted by Crippen LogP contribution is -1.78. The second-order valence-corrected chi connectivity index (χ2v) is 2.02. The van der Waals surface area contributed by atoms with E-state index in [0.29, 0.717) is 0 Å². The van der Waals surface area contributed by atoms with Crippen LogP contribution in [0.25, 0.3) is 0 Å². The molecule has 0 rings (SSSR count). The Bertz CT molecular complexity index is 91.1. The molecule has 0 saturated carbocycles. The smallest absolute Gasteiger partial charge is 0.0123 e. The Kier molecular flexibility index (Phi) is 7.43. The minimum atomic E-state index is 0.889. The van der Waals surface area contributed by atoms with E-state index in [0.717, 1.165) is 25.7 Å². The number of hydrogen-bond donors (Lipinski definition) is 2. The monoisotopic (exact) mass is 144 g/mol. The SMILES string of the molecule is N=CCCCC/C=N/S. The molecule has 0 aliphatic rings. The van der Waals surface area contributed by atoms with Gasteiger partial charge in [0.1, 0.15) is 0 Å². The van der Waals surface area contributed by atoms with Crippen molar-refractivity contribution in [2.45, 2.75) is 25.7 Å². The van der Waals surface area contributed by atoms with Gasteiger partial charge < -0.3 is 5.41 Å². The van der Waals surface area contributed by atoms with E-state index in [1.807, 2.05) is 0 Å². The maximum Gasteiger partial charge on any atom is 0.0123 e. The lowest BCUT2D eigenvalue weighted by molar-refractivity contribution is 0.806. The van der Waals surface area contributed by atoms with Gasteiger partial charge in [-0.3, -0.25) is 0 Å². The van der Waals surface area contributed by atoms with Crippen LogP contribution >= 0.6 is 12.8 Å². The Morgan fingerprint density at radius 3 is 2.56 bits per heavy atom. The highest BCUT2D eigenvalue weighted by Gasteiger charge is 1.81. The fourth-order valence-electron chi connectivity index (χ4n) is 0.540. The van der Waals surface area contributed by atoms with Gasteiger partial charge in [0.05, 0.1) is 0 Å². The van der Waals surface area contributed by atoms with Gasteiger partial charge in [0.15, 0.2) is 0 Å². The first kappa shape index (κ1) is 8.69. The van der Waals surface area contributed by atoms with E-state index in [-0.39, 0.29) is 0 Å². The van der Waals surface area contributed by atoms with Gasteiger partial charge in [-0.05, 0) is 44.7 Å². The summed E-state index contributed by atoms with van der Waals surface area (Å²) in [6.07, 6.45) is 7.30. The summed E-state index contributed by atoms with van der Waals surface area (Å²) < 4.78 is 3.55. The Labute approximate surface area is 61.4 Å². The molecule has 9 heavy (non-hydrogen) atoms. The number of nitrogens with zero attached hydrogens (tertiary/aromatic N) is 1. The molecule has 0 aliphatic carbocycles. The Morgan fingerprint density at radius 2 is 2.00 bits per heavy atom. The predicted octanol–water partition coefficient (Wildman–Crippen LogP) is 2.11. The quantitative estimate of drug-likeness (QED) is 0.337. The van der Waals surface area contributed by atoms with Crippen molar-refractivity contribution in [1.29, 1.82) is 5.41 Å². The fraction of sp³-hybridized carbons (Fsp3) is 0.667. The van der Waals surface area contributed by atoms with Crippen LogP contribution in [0, 0.1) is 5.41 Å². The van der Waals surface area contributed by atoms with E-state index in [9.17, 15) is 0 Å². The normalized spacial score (nSPS) is 10.3. The molecule has 3 heteroatoms. The highest BCUT2D eigenvalue weighted by Crippen LogP contribution is 1.95. The number of rotatable bonds is 5.